The van der Waals surface area contributed by atoms with E-state index in [9.17, 15) is 9.59 Å². The van der Waals surface area contributed by atoms with E-state index in [4.69, 9.17) is 5.11 Å². The lowest BCUT2D eigenvalue weighted by Crippen LogP contribution is -2.48. The van der Waals surface area contributed by atoms with Crippen LogP contribution in [0.15, 0.2) is 0 Å². The van der Waals surface area contributed by atoms with Crippen LogP contribution in [0.5, 0.6) is 0 Å². The fourth-order valence-corrected chi connectivity index (χ4v) is 2.29. The van der Waals surface area contributed by atoms with Gasteiger partial charge in [-0.1, -0.05) is 13.3 Å². The van der Waals surface area contributed by atoms with Crippen molar-refractivity contribution in [2.45, 2.75) is 46.0 Å². The van der Waals surface area contributed by atoms with Crippen LogP contribution >= 0.6 is 0 Å². The van der Waals surface area contributed by atoms with E-state index >= 15 is 0 Å². The number of aliphatic carboxylic acids is 1. The Labute approximate surface area is 96.6 Å². The normalized spacial score (nSPS) is 17.6. The van der Waals surface area contributed by atoms with E-state index in [2.05, 4.69) is 0 Å². The van der Waals surface area contributed by atoms with Crippen LogP contribution in [0.3, 0.4) is 0 Å². The Morgan fingerprint density at radius 1 is 1.31 bits per heavy atom. The van der Waals surface area contributed by atoms with Gasteiger partial charge in [-0.15, -0.1) is 0 Å². The lowest BCUT2D eigenvalue weighted by Gasteiger charge is -2.42. The second-order valence-corrected chi connectivity index (χ2v) is 4.52. The van der Waals surface area contributed by atoms with Crippen LogP contribution in [0.2, 0.25) is 0 Å². The molecule has 4 nitrogen and oxygen atoms in total. The van der Waals surface area contributed by atoms with Gasteiger partial charge in [0.05, 0.1) is 6.42 Å². The summed E-state index contributed by atoms with van der Waals surface area (Å²) in [5, 5.41) is 8.63. The molecular formula is C12H21NO3. The molecule has 92 valence electrons. The average molecular weight is 227 g/mol. The molecule has 16 heavy (non-hydrogen) atoms. The summed E-state index contributed by atoms with van der Waals surface area (Å²) < 4.78 is 0. The van der Waals surface area contributed by atoms with Gasteiger partial charge in [0.25, 0.3) is 0 Å². The van der Waals surface area contributed by atoms with E-state index < -0.39 is 5.97 Å². The number of carbonyl (C=O) groups is 2. The van der Waals surface area contributed by atoms with Crippen LogP contribution < -0.4 is 0 Å². The van der Waals surface area contributed by atoms with Crippen molar-refractivity contribution in [1.82, 2.24) is 4.90 Å². The summed E-state index contributed by atoms with van der Waals surface area (Å²) >= 11 is 0. The summed E-state index contributed by atoms with van der Waals surface area (Å²) in [5.74, 6) is -0.685. The maximum absolute atomic E-state index is 12.3. The molecule has 1 saturated carbocycles. The highest BCUT2D eigenvalue weighted by atomic mass is 16.4. The molecule has 1 amide bonds. The molecule has 0 saturated heterocycles. The number of carboxylic acids is 1. The Morgan fingerprint density at radius 2 is 1.94 bits per heavy atom. The van der Waals surface area contributed by atoms with E-state index in [-0.39, 0.29) is 17.7 Å². The monoisotopic (exact) mass is 227 g/mol. The molecule has 0 aromatic carbocycles. The van der Waals surface area contributed by atoms with E-state index in [1.807, 2.05) is 13.8 Å². The summed E-state index contributed by atoms with van der Waals surface area (Å²) in [7, 11) is 0. The zero-order valence-corrected chi connectivity index (χ0v) is 10.2. The summed E-state index contributed by atoms with van der Waals surface area (Å²) in [6.45, 7) is 4.89. The minimum Gasteiger partial charge on any atom is -0.481 e. The topological polar surface area (TPSA) is 57.6 Å². The van der Waals surface area contributed by atoms with Gasteiger partial charge in [0.2, 0.25) is 5.91 Å². The summed E-state index contributed by atoms with van der Waals surface area (Å²) in [4.78, 5) is 24.5. The number of nitrogens with zero attached hydrogens (tertiary/aromatic N) is 1. The molecule has 1 fully saturated rings. The smallest absolute Gasteiger partial charge is 0.305 e. The number of carbonyl (C=O) groups excluding carboxylic acids is 1. The van der Waals surface area contributed by atoms with Crippen molar-refractivity contribution in [3.05, 3.63) is 0 Å². The lowest BCUT2D eigenvalue weighted by molar-refractivity contribution is -0.148. The minimum atomic E-state index is -0.842. The first kappa shape index (κ1) is 13.0. The third kappa shape index (κ3) is 2.54. The van der Waals surface area contributed by atoms with Gasteiger partial charge in [-0.05, 0) is 26.2 Å². The van der Waals surface area contributed by atoms with E-state index in [1.165, 1.54) is 0 Å². The zero-order valence-electron chi connectivity index (χ0n) is 10.2. The number of amides is 1. The van der Waals surface area contributed by atoms with Crippen molar-refractivity contribution < 1.29 is 14.7 Å². The highest BCUT2D eigenvalue weighted by molar-refractivity contribution is 5.84. The predicted octanol–water partition coefficient (Wildman–Crippen LogP) is 1.89. The SMILES string of the molecule is CCN(CCC(=O)O)C(=O)C1(CC)CCC1. The molecule has 1 aliphatic carbocycles. The van der Waals surface area contributed by atoms with Gasteiger partial charge >= 0.3 is 5.97 Å². The number of hydrogen-bond donors (Lipinski definition) is 1. The fourth-order valence-electron chi connectivity index (χ4n) is 2.29. The van der Waals surface area contributed by atoms with Gasteiger partial charge in [0, 0.05) is 18.5 Å². The van der Waals surface area contributed by atoms with Crippen molar-refractivity contribution in [3.63, 3.8) is 0 Å². The molecule has 1 N–H and O–H groups in total. The Hall–Kier alpha value is -1.06. The molecule has 1 aliphatic rings. The second-order valence-electron chi connectivity index (χ2n) is 4.52. The molecule has 4 heteroatoms. The molecule has 0 radical (unpaired) electrons. The molecule has 0 spiro atoms. The molecule has 0 aliphatic heterocycles. The largest absolute Gasteiger partial charge is 0.481 e. The van der Waals surface area contributed by atoms with Gasteiger partial charge in [0.15, 0.2) is 0 Å². The summed E-state index contributed by atoms with van der Waals surface area (Å²) in [6, 6.07) is 0. The first-order valence-corrected chi connectivity index (χ1v) is 6.07. The zero-order chi connectivity index (χ0) is 12.2. The highest BCUT2D eigenvalue weighted by Gasteiger charge is 2.44. The van der Waals surface area contributed by atoms with Gasteiger partial charge < -0.3 is 10.0 Å². The van der Waals surface area contributed by atoms with Crippen LogP contribution in [-0.4, -0.2) is 35.0 Å². The van der Waals surface area contributed by atoms with Crippen molar-refractivity contribution in [3.8, 4) is 0 Å². The third-order valence-electron chi connectivity index (χ3n) is 3.71. The van der Waals surface area contributed by atoms with Crippen LogP contribution in [-0.2, 0) is 9.59 Å². The maximum atomic E-state index is 12.3. The van der Waals surface area contributed by atoms with Crippen molar-refractivity contribution in [2.75, 3.05) is 13.1 Å². The Kier molecular flexibility index (Phi) is 4.33. The third-order valence-corrected chi connectivity index (χ3v) is 3.71. The maximum Gasteiger partial charge on any atom is 0.305 e. The Balaban J connectivity index is 2.58. The highest BCUT2D eigenvalue weighted by Crippen LogP contribution is 2.45. The van der Waals surface area contributed by atoms with Crippen molar-refractivity contribution >= 4 is 11.9 Å². The Bertz CT molecular complexity index is 266. The van der Waals surface area contributed by atoms with Gasteiger partial charge in [-0.2, -0.15) is 0 Å². The van der Waals surface area contributed by atoms with Gasteiger partial charge in [-0.3, -0.25) is 9.59 Å². The minimum absolute atomic E-state index is 0.0410. The van der Waals surface area contributed by atoms with Crippen LogP contribution in [0.4, 0.5) is 0 Å². The summed E-state index contributed by atoms with van der Waals surface area (Å²) in [6.07, 6.45) is 3.96. The number of hydrogen-bond acceptors (Lipinski definition) is 2. The Morgan fingerprint density at radius 3 is 2.25 bits per heavy atom. The van der Waals surface area contributed by atoms with E-state index in [0.717, 1.165) is 25.7 Å². The molecule has 0 bridgehead atoms. The van der Waals surface area contributed by atoms with Crippen LogP contribution in [0.25, 0.3) is 0 Å². The molecule has 0 atom stereocenters. The second kappa shape index (κ2) is 5.32. The van der Waals surface area contributed by atoms with Gasteiger partial charge in [0.1, 0.15) is 0 Å². The number of rotatable bonds is 6. The van der Waals surface area contributed by atoms with E-state index in [1.54, 1.807) is 4.90 Å². The lowest BCUT2D eigenvalue weighted by atomic mass is 9.66. The molecule has 0 heterocycles. The number of carboxylic acid groups (broad SMARTS) is 1. The fraction of sp³-hybridized carbons (Fsp3) is 0.833. The molecule has 0 unspecified atom stereocenters. The molecule has 1 rings (SSSR count). The molecular weight excluding hydrogens is 206 g/mol. The molecule has 0 aromatic rings. The van der Waals surface area contributed by atoms with Crippen LogP contribution in [0, 0.1) is 5.41 Å². The van der Waals surface area contributed by atoms with Crippen molar-refractivity contribution in [1.29, 1.82) is 0 Å². The van der Waals surface area contributed by atoms with Gasteiger partial charge in [-0.25, -0.2) is 0 Å². The first-order chi connectivity index (χ1) is 7.55. The first-order valence-electron chi connectivity index (χ1n) is 6.07. The standard InChI is InChI=1S/C12H21NO3/c1-3-12(7-5-8-12)11(16)13(4-2)9-6-10(14)15/h3-9H2,1-2H3,(H,14,15). The average Bonchev–Trinajstić information content (AvgIpc) is 2.17. The quantitative estimate of drug-likeness (QED) is 0.753. The van der Waals surface area contributed by atoms with E-state index in [0.29, 0.717) is 13.1 Å². The summed E-state index contributed by atoms with van der Waals surface area (Å²) in [5.41, 5.74) is -0.172. The molecule has 0 aromatic heterocycles. The van der Waals surface area contributed by atoms with Crippen LogP contribution in [0.1, 0.15) is 46.0 Å². The predicted molar refractivity (Wildman–Crippen MR) is 61.1 cm³/mol. The van der Waals surface area contributed by atoms with Crippen molar-refractivity contribution in [2.24, 2.45) is 5.41 Å².